The van der Waals surface area contributed by atoms with Gasteiger partial charge in [-0.1, -0.05) is 25.1 Å². The number of carbonyl (C=O) groups is 3. The first kappa shape index (κ1) is 29.6. The Morgan fingerprint density at radius 2 is 1.90 bits per heavy atom. The van der Waals surface area contributed by atoms with E-state index in [-0.39, 0.29) is 12.0 Å². The Morgan fingerprint density at radius 1 is 1.15 bits per heavy atom. The van der Waals surface area contributed by atoms with Gasteiger partial charge in [0.05, 0.1) is 11.5 Å². The van der Waals surface area contributed by atoms with Gasteiger partial charge in [-0.25, -0.2) is 9.49 Å². The van der Waals surface area contributed by atoms with Crippen LogP contribution in [0.1, 0.15) is 78.7 Å². The Balaban J connectivity index is 1.58. The minimum Gasteiger partial charge on any atom is -0.481 e. The largest absolute Gasteiger partial charge is 0.481 e. The molecule has 9 nitrogen and oxygen atoms in total. The zero-order valence-electron chi connectivity index (χ0n) is 23.6. The molecule has 3 atom stereocenters. The van der Waals surface area contributed by atoms with Crippen LogP contribution in [-0.4, -0.2) is 50.1 Å². The van der Waals surface area contributed by atoms with E-state index in [1.807, 2.05) is 6.92 Å². The number of nitrogens with one attached hydrogen (secondary N) is 2. The molecule has 10 heteroatoms. The molecule has 41 heavy (non-hydrogen) atoms. The van der Waals surface area contributed by atoms with E-state index in [1.54, 1.807) is 57.2 Å². The van der Waals surface area contributed by atoms with Crippen molar-refractivity contribution in [1.82, 2.24) is 20.4 Å². The molecule has 1 aromatic heterocycles. The molecule has 3 aromatic rings. The monoisotopic (exact) mass is 562 g/mol. The van der Waals surface area contributed by atoms with Gasteiger partial charge >= 0.3 is 5.97 Å². The van der Waals surface area contributed by atoms with Crippen molar-refractivity contribution in [2.45, 2.75) is 71.5 Å². The average Bonchev–Trinajstić information content (AvgIpc) is 3.39. The van der Waals surface area contributed by atoms with Gasteiger partial charge in [-0.15, -0.1) is 0 Å². The van der Waals surface area contributed by atoms with Crippen molar-refractivity contribution in [3.05, 3.63) is 98.7 Å². The molecule has 0 aliphatic carbocycles. The SMILES string of the molecule is CC[C@@H](NC(=O)c1ccc(Cc2ccn[nH]c2=O)c(C)c1)C(=O)N1[C@H](c2cccc(F)c2)CC[C@@H]1C(C)(C)C(=O)O. The number of aromatic nitrogens is 2. The van der Waals surface area contributed by atoms with Crippen LogP contribution < -0.4 is 10.9 Å². The lowest BCUT2D eigenvalue weighted by Gasteiger charge is -2.39. The summed E-state index contributed by atoms with van der Waals surface area (Å²) >= 11 is 0. The van der Waals surface area contributed by atoms with Crippen LogP contribution in [0.4, 0.5) is 4.39 Å². The van der Waals surface area contributed by atoms with Gasteiger partial charge in [-0.05, 0) is 87.1 Å². The number of H-pyrrole nitrogens is 1. The first-order valence-electron chi connectivity index (χ1n) is 13.7. The lowest BCUT2D eigenvalue weighted by molar-refractivity contribution is -0.154. The molecule has 1 aliphatic rings. The van der Waals surface area contributed by atoms with E-state index in [0.29, 0.717) is 36.0 Å². The maximum absolute atomic E-state index is 14.1. The Morgan fingerprint density at radius 3 is 2.54 bits per heavy atom. The number of benzene rings is 2. The summed E-state index contributed by atoms with van der Waals surface area (Å²) in [6, 6.07) is 10.7. The molecule has 0 saturated carbocycles. The number of aliphatic carboxylic acids is 1. The predicted octanol–water partition coefficient (Wildman–Crippen LogP) is 4.16. The highest BCUT2D eigenvalue weighted by molar-refractivity contribution is 5.98. The number of carbonyl (C=O) groups excluding carboxylic acids is 2. The third kappa shape index (κ3) is 6.21. The van der Waals surface area contributed by atoms with Gasteiger partial charge in [0.25, 0.3) is 11.5 Å². The van der Waals surface area contributed by atoms with Crippen molar-refractivity contribution < 1.29 is 23.9 Å². The van der Waals surface area contributed by atoms with E-state index in [1.165, 1.54) is 23.2 Å². The molecule has 216 valence electrons. The smallest absolute Gasteiger partial charge is 0.311 e. The molecule has 2 amide bonds. The second-order valence-corrected chi connectivity index (χ2v) is 11.1. The summed E-state index contributed by atoms with van der Waals surface area (Å²) in [5.41, 5.74) is 1.63. The van der Waals surface area contributed by atoms with Crippen LogP contribution in [-0.2, 0) is 16.0 Å². The average molecular weight is 563 g/mol. The van der Waals surface area contributed by atoms with Gasteiger partial charge < -0.3 is 15.3 Å². The Labute approximate surface area is 237 Å². The van der Waals surface area contributed by atoms with Crippen LogP contribution in [0, 0.1) is 18.2 Å². The topological polar surface area (TPSA) is 132 Å². The van der Waals surface area contributed by atoms with Gasteiger partial charge in [0.1, 0.15) is 11.9 Å². The van der Waals surface area contributed by atoms with Crippen LogP contribution in [0.2, 0.25) is 0 Å². The first-order chi connectivity index (χ1) is 19.4. The summed E-state index contributed by atoms with van der Waals surface area (Å²) in [6.45, 7) is 6.78. The summed E-state index contributed by atoms with van der Waals surface area (Å²) in [5.74, 6) is -2.33. The predicted molar refractivity (Wildman–Crippen MR) is 151 cm³/mol. The number of carboxylic acid groups (broad SMARTS) is 1. The second kappa shape index (κ2) is 12.0. The van der Waals surface area contributed by atoms with Crippen LogP contribution in [0.25, 0.3) is 0 Å². The summed E-state index contributed by atoms with van der Waals surface area (Å²) in [4.78, 5) is 53.1. The van der Waals surface area contributed by atoms with Crippen LogP contribution in [0.15, 0.2) is 59.5 Å². The van der Waals surface area contributed by atoms with Crippen molar-refractivity contribution in [3.8, 4) is 0 Å². The Kier molecular flexibility index (Phi) is 8.70. The van der Waals surface area contributed by atoms with Gasteiger partial charge in [0, 0.05) is 29.8 Å². The van der Waals surface area contributed by atoms with Gasteiger partial charge in [-0.3, -0.25) is 19.2 Å². The highest BCUT2D eigenvalue weighted by Crippen LogP contribution is 2.44. The number of aromatic amines is 1. The fourth-order valence-electron chi connectivity index (χ4n) is 5.52. The molecule has 0 spiro atoms. The van der Waals surface area contributed by atoms with E-state index in [0.717, 1.165) is 11.1 Å². The Bertz CT molecular complexity index is 1520. The third-order valence-electron chi connectivity index (χ3n) is 8.06. The summed E-state index contributed by atoms with van der Waals surface area (Å²) in [6.07, 6.45) is 3.06. The van der Waals surface area contributed by atoms with Gasteiger partial charge in [-0.2, -0.15) is 5.10 Å². The molecular weight excluding hydrogens is 527 g/mol. The van der Waals surface area contributed by atoms with Gasteiger partial charge in [0.15, 0.2) is 0 Å². The number of hydrogen-bond acceptors (Lipinski definition) is 5. The minimum absolute atomic E-state index is 0.277. The van der Waals surface area contributed by atoms with Crippen LogP contribution >= 0.6 is 0 Å². The maximum atomic E-state index is 14.1. The summed E-state index contributed by atoms with van der Waals surface area (Å²) in [7, 11) is 0. The van der Waals surface area contributed by atoms with Crippen LogP contribution in [0.3, 0.4) is 0 Å². The van der Waals surface area contributed by atoms with E-state index >= 15 is 0 Å². The standard InChI is InChI=1S/C31H35FN4O5/c1-5-24(34-27(37)21-10-9-19(18(2)15-21)16-22-13-14-33-35-28(22)38)29(39)36-25(20-7-6-8-23(32)17-20)11-12-26(36)31(3,4)30(40)41/h6-10,13-15,17,24-26H,5,11-12,16H2,1-4H3,(H,34,37)(H,35,38)(H,40,41)/t24-,25+,26-/m1/s1. The highest BCUT2D eigenvalue weighted by atomic mass is 19.1. The third-order valence-corrected chi connectivity index (χ3v) is 8.06. The molecule has 4 rings (SSSR count). The van der Waals surface area contributed by atoms with Crippen molar-refractivity contribution in [2.75, 3.05) is 0 Å². The first-order valence-corrected chi connectivity index (χ1v) is 13.7. The lowest BCUT2D eigenvalue weighted by Crippen LogP contribution is -2.55. The molecule has 1 fully saturated rings. The number of carboxylic acids is 1. The number of aryl methyl sites for hydroxylation is 1. The van der Waals surface area contributed by atoms with Gasteiger partial charge in [0.2, 0.25) is 5.91 Å². The molecule has 2 heterocycles. The fraction of sp³-hybridized carbons (Fsp3) is 0.387. The molecular formula is C31H35FN4O5. The van der Waals surface area contributed by atoms with E-state index in [2.05, 4.69) is 15.5 Å². The normalized spacial score (nSPS) is 17.7. The molecule has 0 unspecified atom stereocenters. The number of likely N-dealkylation sites (tertiary alicyclic amines) is 1. The van der Waals surface area contributed by atoms with E-state index < -0.39 is 47.1 Å². The van der Waals surface area contributed by atoms with Crippen molar-refractivity contribution in [2.24, 2.45) is 5.41 Å². The fourth-order valence-corrected chi connectivity index (χ4v) is 5.52. The quantitative estimate of drug-likeness (QED) is 0.359. The number of nitrogens with zero attached hydrogens (tertiary/aromatic N) is 2. The summed E-state index contributed by atoms with van der Waals surface area (Å²) < 4.78 is 14.1. The molecule has 2 aromatic carbocycles. The molecule has 0 bridgehead atoms. The Hall–Kier alpha value is -4.34. The number of rotatable bonds is 9. The zero-order valence-corrected chi connectivity index (χ0v) is 23.6. The molecule has 1 aliphatic heterocycles. The summed E-state index contributed by atoms with van der Waals surface area (Å²) in [5, 5.41) is 18.9. The molecule has 3 N–H and O–H groups in total. The zero-order chi connectivity index (χ0) is 29.9. The molecule has 0 radical (unpaired) electrons. The van der Waals surface area contributed by atoms with Crippen molar-refractivity contribution >= 4 is 17.8 Å². The van der Waals surface area contributed by atoms with E-state index in [4.69, 9.17) is 0 Å². The number of halogens is 1. The van der Waals surface area contributed by atoms with Crippen LogP contribution in [0.5, 0.6) is 0 Å². The minimum atomic E-state index is -1.26. The highest BCUT2D eigenvalue weighted by Gasteiger charge is 2.49. The van der Waals surface area contributed by atoms with Crippen molar-refractivity contribution in [1.29, 1.82) is 0 Å². The molecule has 1 saturated heterocycles. The number of hydrogen-bond donors (Lipinski definition) is 3. The maximum Gasteiger partial charge on any atom is 0.311 e. The van der Waals surface area contributed by atoms with E-state index in [9.17, 15) is 28.7 Å². The lowest BCUT2D eigenvalue weighted by atomic mass is 9.83. The van der Waals surface area contributed by atoms with Crippen molar-refractivity contribution in [3.63, 3.8) is 0 Å². The second-order valence-electron chi connectivity index (χ2n) is 11.1. The number of amides is 2.